The van der Waals surface area contributed by atoms with E-state index in [9.17, 15) is 8.42 Å². The number of aromatic nitrogens is 1. The second kappa shape index (κ2) is 6.74. The highest BCUT2D eigenvalue weighted by molar-refractivity contribution is 8.01. The van der Waals surface area contributed by atoms with Crippen LogP contribution in [0.2, 0.25) is 0 Å². The molecule has 0 amide bonds. The molecular formula is C17H18N2O2S3. The highest BCUT2D eigenvalue weighted by atomic mass is 32.2. The molecule has 1 heterocycles. The van der Waals surface area contributed by atoms with Gasteiger partial charge in [0.15, 0.2) is 4.34 Å². The Balaban J connectivity index is 1.93. The predicted octanol–water partition coefficient (Wildman–Crippen LogP) is 4.83. The molecule has 2 aromatic carbocycles. The summed E-state index contributed by atoms with van der Waals surface area (Å²) in [6.07, 6.45) is 0. The van der Waals surface area contributed by atoms with Gasteiger partial charge >= 0.3 is 0 Å². The number of sulfonamides is 1. The Hall–Kier alpha value is -1.57. The Morgan fingerprint density at radius 3 is 2.67 bits per heavy atom. The molecule has 0 bridgehead atoms. The minimum Gasteiger partial charge on any atom is -0.280 e. The number of thioether (sulfide) groups is 1. The van der Waals surface area contributed by atoms with Crippen LogP contribution in [0.5, 0.6) is 0 Å². The van der Waals surface area contributed by atoms with Crippen molar-refractivity contribution < 1.29 is 8.42 Å². The molecule has 7 heteroatoms. The lowest BCUT2D eigenvalue weighted by atomic mass is 10.2. The third-order valence-corrected chi connectivity index (χ3v) is 7.09. The molecule has 1 N–H and O–H groups in total. The van der Waals surface area contributed by atoms with Gasteiger partial charge in [0.1, 0.15) is 0 Å². The van der Waals surface area contributed by atoms with Crippen molar-refractivity contribution >= 4 is 49.0 Å². The van der Waals surface area contributed by atoms with Gasteiger partial charge in [-0.15, -0.1) is 11.3 Å². The normalized spacial score (nSPS) is 11.8. The molecule has 0 atom stereocenters. The third-order valence-electron chi connectivity index (χ3n) is 3.51. The van der Waals surface area contributed by atoms with Crippen molar-refractivity contribution in [2.45, 2.75) is 30.0 Å². The van der Waals surface area contributed by atoms with Crippen LogP contribution in [0.1, 0.15) is 18.1 Å². The van der Waals surface area contributed by atoms with E-state index in [0.29, 0.717) is 10.6 Å². The molecule has 0 saturated heterocycles. The minimum absolute atomic E-state index is 0.305. The van der Waals surface area contributed by atoms with E-state index in [0.717, 1.165) is 31.4 Å². The number of thiazole rings is 1. The topological polar surface area (TPSA) is 59.1 Å². The largest absolute Gasteiger partial charge is 0.280 e. The fraction of sp³-hybridized carbons (Fsp3) is 0.235. The first kappa shape index (κ1) is 17.3. The molecule has 3 rings (SSSR count). The predicted molar refractivity (Wildman–Crippen MR) is 103 cm³/mol. The fourth-order valence-corrected chi connectivity index (χ4v) is 5.75. The molecule has 0 aliphatic heterocycles. The highest BCUT2D eigenvalue weighted by Crippen LogP contribution is 2.31. The van der Waals surface area contributed by atoms with Crippen LogP contribution in [0.4, 0.5) is 5.69 Å². The maximum Gasteiger partial charge on any atom is 0.262 e. The monoisotopic (exact) mass is 378 g/mol. The molecule has 1 aromatic heterocycles. The summed E-state index contributed by atoms with van der Waals surface area (Å²) in [5.41, 5.74) is 3.23. The van der Waals surface area contributed by atoms with Crippen LogP contribution in [0, 0.1) is 13.8 Å². The van der Waals surface area contributed by atoms with Crippen molar-refractivity contribution in [3.63, 3.8) is 0 Å². The Labute approximate surface area is 150 Å². The van der Waals surface area contributed by atoms with Crippen LogP contribution < -0.4 is 4.72 Å². The zero-order valence-electron chi connectivity index (χ0n) is 13.7. The summed E-state index contributed by atoms with van der Waals surface area (Å²) >= 11 is 3.27. The van der Waals surface area contributed by atoms with Gasteiger partial charge in [-0.05, 0) is 49.4 Å². The molecular weight excluding hydrogens is 360 g/mol. The Morgan fingerprint density at radius 1 is 1.17 bits per heavy atom. The second-order valence-corrected chi connectivity index (χ2v) is 9.66. The molecule has 0 aliphatic rings. The molecule has 0 unspecified atom stereocenters. The van der Waals surface area contributed by atoms with E-state index in [4.69, 9.17) is 0 Å². The van der Waals surface area contributed by atoms with Gasteiger partial charge in [-0.1, -0.05) is 36.4 Å². The van der Waals surface area contributed by atoms with Crippen molar-refractivity contribution in [3.05, 3.63) is 47.5 Å². The third kappa shape index (κ3) is 3.58. The van der Waals surface area contributed by atoms with Crippen molar-refractivity contribution in [3.8, 4) is 0 Å². The number of fused-ring (bicyclic) bond motifs is 1. The molecule has 0 fully saturated rings. The van der Waals surface area contributed by atoms with E-state index in [1.165, 1.54) is 0 Å². The SMILES string of the molecule is CCSc1nc2ccc(NS(=O)(=O)c3ccc(C)cc3C)cc2s1. The van der Waals surface area contributed by atoms with E-state index in [-0.39, 0.29) is 0 Å². The lowest BCUT2D eigenvalue weighted by molar-refractivity contribution is 0.600. The van der Waals surface area contributed by atoms with Crippen LogP contribution in [-0.2, 0) is 10.0 Å². The quantitative estimate of drug-likeness (QED) is 0.646. The Morgan fingerprint density at radius 2 is 1.96 bits per heavy atom. The number of nitrogens with zero attached hydrogens (tertiary/aromatic N) is 1. The standard InChI is InChI=1S/C17H18N2O2S3/c1-4-22-17-18-14-7-6-13(10-15(14)23-17)19-24(20,21)16-8-5-11(2)9-12(16)3/h5-10,19H,4H2,1-3H3. The summed E-state index contributed by atoms with van der Waals surface area (Å²) in [5.74, 6) is 0.964. The number of aryl methyl sites for hydroxylation is 2. The van der Waals surface area contributed by atoms with E-state index in [1.54, 1.807) is 35.2 Å². The zero-order chi connectivity index (χ0) is 17.3. The van der Waals surface area contributed by atoms with Crippen LogP contribution >= 0.6 is 23.1 Å². The van der Waals surface area contributed by atoms with E-state index in [2.05, 4.69) is 16.6 Å². The summed E-state index contributed by atoms with van der Waals surface area (Å²) in [7, 11) is -3.60. The number of nitrogens with one attached hydrogen (secondary N) is 1. The fourth-order valence-electron chi connectivity index (χ4n) is 2.46. The highest BCUT2D eigenvalue weighted by Gasteiger charge is 2.17. The average Bonchev–Trinajstić information content (AvgIpc) is 2.88. The number of anilines is 1. The van der Waals surface area contributed by atoms with Crippen LogP contribution in [0.15, 0.2) is 45.6 Å². The number of hydrogen-bond acceptors (Lipinski definition) is 5. The summed E-state index contributed by atoms with van der Waals surface area (Å²) in [4.78, 5) is 4.83. The molecule has 0 aliphatic carbocycles. The summed E-state index contributed by atoms with van der Waals surface area (Å²) in [6.45, 7) is 5.84. The summed E-state index contributed by atoms with van der Waals surface area (Å²) in [6, 6.07) is 10.8. The lowest BCUT2D eigenvalue weighted by Crippen LogP contribution is -2.14. The van der Waals surface area contributed by atoms with Crippen molar-refractivity contribution in [1.29, 1.82) is 0 Å². The van der Waals surface area contributed by atoms with Crippen molar-refractivity contribution in [2.24, 2.45) is 0 Å². The first-order valence-corrected chi connectivity index (χ1v) is 10.8. The van der Waals surface area contributed by atoms with Gasteiger partial charge in [0.2, 0.25) is 0 Å². The number of benzene rings is 2. The van der Waals surface area contributed by atoms with Gasteiger partial charge in [0, 0.05) is 0 Å². The van der Waals surface area contributed by atoms with Crippen LogP contribution in [0.25, 0.3) is 10.2 Å². The van der Waals surface area contributed by atoms with E-state index < -0.39 is 10.0 Å². The number of hydrogen-bond donors (Lipinski definition) is 1. The van der Waals surface area contributed by atoms with Crippen molar-refractivity contribution in [1.82, 2.24) is 4.98 Å². The van der Waals surface area contributed by atoms with Gasteiger partial charge in [0.25, 0.3) is 10.0 Å². The molecule has 3 aromatic rings. The lowest BCUT2D eigenvalue weighted by Gasteiger charge is -2.11. The van der Waals surface area contributed by atoms with Gasteiger partial charge in [-0.25, -0.2) is 13.4 Å². The Kier molecular flexibility index (Phi) is 4.85. The van der Waals surface area contributed by atoms with E-state index >= 15 is 0 Å². The second-order valence-electron chi connectivity index (χ2n) is 5.47. The molecule has 0 radical (unpaired) electrons. The van der Waals surface area contributed by atoms with Crippen LogP contribution in [0.3, 0.4) is 0 Å². The van der Waals surface area contributed by atoms with Gasteiger partial charge < -0.3 is 0 Å². The van der Waals surface area contributed by atoms with Gasteiger partial charge in [-0.3, -0.25) is 4.72 Å². The van der Waals surface area contributed by atoms with Gasteiger partial charge in [0.05, 0.1) is 20.8 Å². The molecule has 0 saturated carbocycles. The molecule has 4 nitrogen and oxygen atoms in total. The van der Waals surface area contributed by atoms with E-state index in [1.807, 2.05) is 38.1 Å². The summed E-state index contributed by atoms with van der Waals surface area (Å²) < 4.78 is 30.0. The molecule has 0 spiro atoms. The molecule has 24 heavy (non-hydrogen) atoms. The van der Waals surface area contributed by atoms with Crippen molar-refractivity contribution in [2.75, 3.05) is 10.5 Å². The first-order chi connectivity index (χ1) is 11.4. The maximum absolute atomic E-state index is 12.7. The summed E-state index contributed by atoms with van der Waals surface area (Å²) in [5, 5.41) is 0. The van der Waals surface area contributed by atoms with Gasteiger partial charge in [-0.2, -0.15) is 0 Å². The minimum atomic E-state index is -3.60. The number of rotatable bonds is 5. The first-order valence-electron chi connectivity index (χ1n) is 7.52. The zero-order valence-corrected chi connectivity index (χ0v) is 16.1. The average molecular weight is 379 g/mol. The molecule has 126 valence electrons. The van der Waals surface area contributed by atoms with Crippen LogP contribution in [-0.4, -0.2) is 19.2 Å². The Bertz CT molecular complexity index is 994. The maximum atomic E-state index is 12.7. The smallest absolute Gasteiger partial charge is 0.262 e.